The standard InChI is InChI=1S/C16H11F9N2O2/c1-26-7(3-5-9(26)12(28)15(20,21)22)11(14(17,18)19)8-4-6-10(27(8)2)13(29)16(23,24)25/h3-6,11H,1-2H3. The van der Waals surface area contributed by atoms with Crippen LogP contribution in [-0.4, -0.2) is 39.2 Å². The summed E-state index contributed by atoms with van der Waals surface area (Å²) in [5, 5.41) is 0. The minimum Gasteiger partial charge on any atom is -0.344 e. The average Bonchev–Trinajstić information content (AvgIpc) is 3.08. The van der Waals surface area contributed by atoms with Crippen LogP contribution in [0.15, 0.2) is 24.3 Å². The predicted molar refractivity (Wildman–Crippen MR) is 79.5 cm³/mol. The molecule has 0 radical (unpaired) electrons. The van der Waals surface area contributed by atoms with E-state index in [4.69, 9.17) is 0 Å². The van der Waals surface area contributed by atoms with Gasteiger partial charge in [-0.1, -0.05) is 0 Å². The third-order valence-electron chi connectivity index (χ3n) is 4.22. The monoisotopic (exact) mass is 434 g/mol. The van der Waals surface area contributed by atoms with E-state index in [-0.39, 0.29) is 0 Å². The lowest BCUT2D eigenvalue weighted by molar-refractivity contribution is -0.143. The van der Waals surface area contributed by atoms with Gasteiger partial charge < -0.3 is 9.13 Å². The van der Waals surface area contributed by atoms with Gasteiger partial charge in [0.05, 0.1) is 11.4 Å². The molecule has 0 amide bonds. The number of hydrogen-bond acceptors (Lipinski definition) is 2. The highest BCUT2D eigenvalue weighted by molar-refractivity contribution is 5.99. The summed E-state index contributed by atoms with van der Waals surface area (Å²) in [6.07, 6.45) is -15.8. The fourth-order valence-electron chi connectivity index (χ4n) is 2.87. The van der Waals surface area contributed by atoms with E-state index in [9.17, 15) is 49.1 Å². The Bertz CT molecular complexity index is 875. The van der Waals surface area contributed by atoms with Crippen molar-refractivity contribution < 1.29 is 49.1 Å². The third-order valence-corrected chi connectivity index (χ3v) is 4.22. The van der Waals surface area contributed by atoms with E-state index in [1.54, 1.807) is 0 Å². The molecule has 0 saturated heterocycles. The molecule has 0 N–H and O–H groups in total. The summed E-state index contributed by atoms with van der Waals surface area (Å²) in [6.45, 7) is 0. The molecule has 0 atom stereocenters. The first kappa shape index (κ1) is 22.6. The maximum absolute atomic E-state index is 13.7. The van der Waals surface area contributed by atoms with Crippen molar-refractivity contribution in [2.75, 3.05) is 0 Å². The Hall–Kier alpha value is -2.73. The summed E-state index contributed by atoms with van der Waals surface area (Å²) in [5.74, 6) is -7.46. The summed E-state index contributed by atoms with van der Waals surface area (Å²) in [6, 6.07) is 2.31. The zero-order chi connectivity index (χ0) is 22.5. The normalized spacial score (nSPS) is 13.2. The molecule has 0 unspecified atom stereocenters. The molecule has 0 bridgehead atoms. The molecule has 0 aliphatic carbocycles. The quantitative estimate of drug-likeness (QED) is 0.524. The number of alkyl halides is 9. The first-order valence-corrected chi connectivity index (χ1v) is 7.59. The number of nitrogens with zero attached hydrogens (tertiary/aromatic N) is 2. The van der Waals surface area contributed by atoms with Gasteiger partial charge in [0.1, 0.15) is 5.92 Å². The van der Waals surface area contributed by atoms with Crippen LogP contribution in [0.1, 0.15) is 38.3 Å². The highest BCUT2D eigenvalue weighted by atomic mass is 19.4. The highest BCUT2D eigenvalue weighted by Gasteiger charge is 2.48. The van der Waals surface area contributed by atoms with Crippen LogP contribution in [0, 0.1) is 0 Å². The predicted octanol–water partition coefficient (Wildman–Crippen LogP) is 4.55. The molecule has 0 aromatic carbocycles. The molecule has 0 aliphatic rings. The molecule has 29 heavy (non-hydrogen) atoms. The van der Waals surface area contributed by atoms with Crippen molar-refractivity contribution >= 4 is 11.6 Å². The molecule has 4 nitrogen and oxygen atoms in total. The minimum atomic E-state index is -5.34. The second-order valence-corrected chi connectivity index (χ2v) is 6.03. The number of aromatic nitrogens is 2. The molecule has 0 aliphatic heterocycles. The number of halogens is 9. The van der Waals surface area contributed by atoms with Gasteiger partial charge in [0.15, 0.2) is 0 Å². The van der Waals surface area contributed by atoms with Gasteiger partial charge in [-0.2, -0.15) is 39.5 Å². The van der Waals surface area contributed by atoms with E-state index in [0.29, 0.717) is 33.4 Å². The van der Waals surface area contributed by atoms with Crippen LogP contribution in [0.5, 0.6) is 0 Å². The van der Waals surface area contributed by atoms with Crippen LogP contribution < -0.4 is 0 Å². The van der Waals surface area contributed by atoms with Gasteiger partial charge in [0.2, 0.25) is 0 Å². The van der Waals surface area contributed by atoms with E-state index in [1.165, 1.54) is 0 Å². The van der Waals surface area contributed by atoms with Crippen molar-refractivity contribution in [3.8, 4) is 0 Å². The number of ketones is 2. The molecule has 13 heteroatoms. The Morgan fingerprint density at radius 2 is 1.00 bits per heavy atom. The minimum absolute atomic E-state index is 0.367. The molecule has 2 heterocycles. The van der Waals surface area contributed by atoms with Crippen LogP contribution in [0.4, 0.5) is 39.5 Å². The maximum Gasteiger partial charge on any atom is 0.456 e. The molecule has 160 valence electrons. The summed E-state index contributed by atoms with van der Waals surface area (Å²) in [4.78, 5) is 22.8. The van der Waals surface area contributed by atoms with E-state index in [0.717, 1.165) is 14.1 Å². The first-order chi connectivity index (χ1) is 13.0. The zero-order valence-electron chi connectivity index (χ0n) is 14.5. The zero-order valence-corrected chi connectivity index (χ0v) is 14.5. The van der Waals surface area contributed by atoms with E-state index < -0.39 is 58.8 Å². The van der Waals surface area contributed by atoms with Gasteiger partial charge in [-0.25, -0.2) is 0 Å². The van der Waals surface area contributed by atoms with Crippen molar-refractivity contribution in [3.05, 3.63) is 47.0 Å². The molecule has 0 fully saturated rings. The van der Waals surface area contributed by atoms with Gasteiger partial charge in [-0.15, -0.1) is 0 Å². The van der Waals surface area contributed by atoms with Crippen molar-refractivity contribution in [1.29, 1.82) is 0 Å². The summed E-state index contributed by atoms with van der Waals surface area (Å²) in [7, 11) is 1.58. The lowest BCUT2D eigenvalue weighted by Gasteiger charge is -2.23. The fraction of sp³-hybridized carbons (Fsp3) is 0.375. The summed E-state index contributed by atoms with van der Waals surface area (Å²) >= 11 is 0. The van der Waals surface area contributed by atoms with Crippen molar-refractivity contribution in [2.24, 2.45) is 14.1 Å². The lowest BCUT2D eigenvalue weighted by Crippen LogP contribution is -2.30. The number of rotatable bonds is 4. The van der Waals surface area contributed by atoms with Crippen LogP contribution in [0.25, 0.3) is 0 Å². The van der Waals surface area contributed by atoms with Crippen molar-refractivity contribution in [1.82, 2.24) is 9.13 Å². The molecule has 0 saturated carbocycles. The van der Waals surface area contributed by atoms with E-state index in [2.05, 4.69) is 0 Å². The second kappa shape index (κ2) is 6.95. The van der Waals surface area contributed by atoms with Crippen LogP contribution in [0.2, 0.25) is 0 Å². The van der Waals surface area contributed by atoms with Gasteiger partial charge in [-0.05, 0) is 24.3 Å². The Balaban J connectivity index is 2.63. The Morgan fingerprint density at radius 3 is 1.24 bits per heavy atom. The van der Waals surface area contributed by atoms with Gasteiger partial charge in [0.25, 0.3) is 11.6 Å². The fourth-order valence-corrected chi connectivity index (χ4v) is 2.87. The highest BCUT2D eigenvalue weighted by Crippen LogP contribution is 2.41. The average molecular weight is 434 g/mol. The largest absolute Gasteiger partial charge is 0.456 e. The van der Waals surface area contributed by atoms with Crippen LogP contribution in [0.3, 0.4) is 0 Å². The maximum atomic E-state index is 13.7. The first-order valence-electron chi connectivity index (χ1n) is 7.59. The molecule has 0 spiro atoms. The second-order valence-electron chi connectivity index (χ2n) is 6.03. The number of hydrogen-bond donors (Lipinski definition) is 0. The van der Waals surface area contributed by atoms with Crippen molar-refractivity contribution in [3.63, 3.8) is 0 Å². The molecular formula is C16H11F9N2O2. The Labute approximate surface area is 156 Å². The van der Waals surface area contributed by atoms with E-state index >= 15 is 0 Å². The molecule has 2 aromatic rings. The third kappa shape index (κ3) is 4.17. The smallest absolute Gasteiger partial charge is 0.344 e. The van der Waals surface area contributed by atoms with Gasteiger partial charge >= 0.3 is 18.5 Å². The SMILES string of the molecule is Cn1c(C(=O)C(F)(F)F)ccc1C(c1ccc(C(=O)C(F)(F)F)n1C)C(F)(F)F. The molecular weight excluding hydrogens is 423 g/mol. The van der Waals surface area contributed by atoms with Gasteiger partial charge in [0, 0.05) is 25.5 Å². The lowest BCUT2D eigenvalue weighted by atomic mass is 10.0. The molecule has 2 aromatic heterocycles. The summed E-state index contributed by atoms with van der Waals surface area (Å²) < 4.78 is 118. The molecule has 2 rings (SSSR count). The number of Topliss-reactive ketones (excluding diaryl/α,β-unsaturated/α-hetero) is 2. The van der Waals surface area contributed by atoms with Crippen LogP contribution >= 0.6 is 0 Å². The number of carbonyl (C=O) groups is 2. The van der Waals surface area contributed by atoms with Crippen molar-refractivity contribution in [2.45, 2.75) is 24.4 Å². The summed E-state index contributed by atoms with van der Waals surface area (Å²) in [5.41, 5.74) is -3.81. The van der Waals surface area contributed by atoms with E-state index in [1.807, 2.05) is 0 Å². The van der Waals surface area contributed by atoms with Crippen LogP contribution in [-0.2, 0) is 14.1 Å². The Kier molecular flexibility index (Phi) is 5.41. The topological polar surface area (TPSA) is 44.0 Å². The van der Waals surface area contributed by atoms with Gasteiger partial charge in [-0.3, -0.25) is 9.59 Å². The Morgan fingerprint density at radius 1 is 0.690 bits per heavy atom. The number of carbonyl (C=O) groups excluding carboxylic acids is 2.